The number of rotatable bonds is 2. The van der Waals surface area contributed by atoms with Crippen LogP contribution in [0.5, 0.6) is 0 Å². The zero-order chi connectivity index (χ0) is 9.84. The van der Waals surface area contributed by atoms with Gasteiger partial charge in [0.05, 0.1) is 0 Å². The molecular formula is C10H17NO2. The van der Waals surface area contributed by atoms with Crippen molar-refractivity contribution in [2.24, 2.45) is 0 Å². The number of likely N-dealkylation sites (tertiary alicyclic amines) is 1. The molecule has 1 heterocycles. The van der Waals surface area contributed by atoms with Gasteiger partial charge in [-0.1, -0.05) is 6.42 Å². The third-order valence-corrected chi connectivity index (χ3v) is 2.64. The molecule has 0 bridgehead atoms. The highest BCUT2D eigenvalue weighted by Gasteiger charge is 2.23. The minimum absolute atomic E-state index is 0.146. The van der Waals surface area contributed by atoms with Crippen LogP contribution >= 0.6 is 0 Å². The normalized spacial score (nSPS) is 24.3. The molecule has 1 unspecified atom stereocenters. The lowest BCUT2D eigenvalue weighted by atomic mass is 10.1. The maximum absolute atomic E-state index is 11.4. The van der Waals surface area contributed by atoms with Crippen LogP contribution in [0.1, 0.15) is 39.0 Å². The van der Waals surface area contributed by atoms with E-state index in [4.69, 9.17) is 0 Å². The topological polar surface area (TPSA) is 37.4 Å². The first-order valence-corrected chi connectivity index (χ1v) is 4.86. The Kier molecular flexibility index (Phi) is 3.46. The molecule has 1 amide bonds. The van der Waals surface area contributed by atoms with Crippen molar-refractivity contribution < 1.29 is 9.59 Å². The molecule has 74 valence electrons. The number of hydrogen-bond donors (Lipinski definition) is 0. The second kappa shape index (κ2) is 4.40. The van der Waals surface area contributed by atoms with Gasteiger partial charge in [-0.05, 0) is 19.8 Å². The Bertz CT molecular complexity index is 213. The highest BCUT2D eigenvalue weighted by Crippen LogP contribution is 2.18. The lowest BCUT2D eigenvalue weighted by Gasteiger charge is -2.24. The van der Waals surface area contributed by atoms with E-state index in [2.05, 4.69) is 0 Å². The van der Waals surface area contributed by atoms with Gasteiger partial charge in [0.15, 0.2) is 0 Å². The predicted octanol–water partition coefficient (Wildman–Crippen LogP) is 1.37. The van der Waals surface area contributed by atoms with Gasteiger partial charge >= 0.3 is 0 Å². The van der Waals surface area contributed by atoms with Crippen LogP contribution in [-0.2, 0) is 9.59 Å². The average Bonchev–Trinajstić information content (AvgIpc) is 2.19. The van der Waals surface area contributed by atoms with E-state index in [1.165, 1.54) is 0 Å². The van der Waals surface area contributed by atoms with Crippen LogP contribution in [0.2, 0.25) is 0 Å². The fourth-order valence-electron chi connectivity index (χ4n) is 1.80. The summed E-state index contributed by atoms with van der Waals surface area (Å²) in [6, 6.07) is 0.146. The third kappa shape index (κ3) is 2.83. The predicted molar refractivity (Wildman–Crippen MR) is 50.3 cm³/mol. The van der Waals surface area contributed by atoms with E-state index < -0.39 is 0 Å². The van der Waals surface area contributed by atoms with Crippen LogP contribution in [0.4, 0.5) is 0 Å². The second-order valence-electron chi connectivity index (χ2n) is 3.81. The van der Waals surface area contributed by atoms with Crippen molar-refractivity contribution in [3.63, 3.8) is 0 Å². The molecule has 0 aromatic carbocycles. The van der Waals surface area contributed by atoms with Gasteiger partial charge in [0.25, 0.3) is 0 Å². The number of Topliss-reactive ketones (excluding diaryl/α,β-unsaturated/α-hetero) is 1. The molecule has 0 saturated carbocycles. The van der Waals surface area contributed by atoms with E-state index in [0.717, 1.165) is 19.3 Å². The molecule has 0 aliphatic carbocycles. The smallest absolute Gasteiger partial charge is 0.222 e. The van der Waals surface area contributed by atoms with Gasteiger partial charge in [-0.2, -0.15) is 0 Å². The Hall–Kier alpha value is -0.860. The Labute approximate surface area is 79.1 Å². The number of carbonyl (C=O) groups excluding carboxylic acids is 2. The van der Waals surface area contributed by atoms with Crippen LogP contribution in [0.25, 0.3) is 0 Å². The highest BCUT2D eigenvalue weighted by molar-refractivity contribution is 5.79. The Morgan fingerprint density at radius 3 is 2.85 bits per heavy atom. The summed E-state index contributed by atoms with van der Waals surface area (Å²) in [5.74, 6) is 0.357. The standard InChI is InChI=1S/C10H17NO2/c1-8(12)7-9-5-3-4-6-10(13)11(9)2/h9H,3-7H2,1-2H3. The van der Waals surface area contributed by atoms with Gasteiger partial charge in [0.1, 0.15) is 5.78 Å². The first-order chi connectivity index (χ1) is 6.11. The highest BCUT2D eigenvalue weighted by atomic mass is 16.2. The maximum Gasteiger partial charge on any atom is 0.222 e. The number of carbonyl (C=O) groups is 2. The SMILES string of the molecule is CC(=O)CC1CCCCC(=O)N1C. The van der Waals surface area contributed by atoms with Crippen molar-refractivity contribution in [2.75, 3.05) is 7.05 Å². The van der Waals surface area contributed by atoms with Crippen molar-refractivity contribution in [3.05, 3.63) is 0 Å². The number of amides is 1. The van der Waals surface area contributed by atoms with E-state index in [0.29, 0.717) is 12.8 Å². The third-order valence-electron chi connectivity index (χ3n) is 2.64. The molecule has 0 radical (unpaired) electrons. The monoisotopic (exact) mass is 183 g/mol. The van der Waals surface area contributed by atoms with E-state index in [1.807, 2.05) is 0 Å². The zero-order valence-corrected chi connectivity index (χ0v) is 8.38. The van der Waals surface area contributed by atoms with E-state index in [-0.39, 0.29) is 17.7 Å². The number of nitrogens with zero attached hydrogens (tertiary/aromatic N) is 1. The van der Waals surface area contributed by atoms with Gasteiger partial charge in [0.2, 0.25) is 5.91 Å². The Morgan fingerprint density at radius 2 is 2.23 bits per heavy atom. The summed E-state index contributed by atoms with van der Waals surface area (Å²) in [4.78, 5) is 24.1. The van der Waals surface area contributed by atoms with E-state index in [1.54, 1.807) is 18.9 Å². The fourth-order valence-corrected chi connectivity index (χ4v) is 1.80. The molecule has 1 saturated heterocycles. The first kappa shape index (κ1) is 10.2. The largest absolute Gasteiger partial charge is 0.342 e. The maximum atomic E-state index is 11.4. The van der Waals surface area contributed by atoms with Crippen molar-refractivity contribution in [3.8, 4) is 0 Å². The van der Waals surface area contributed by atoms with Crippen molar-refractivity contribution in [1.82, 2.24) is 4.90 Å². The second-order valence-corrected chi connectivity index (χ2v) is 3.81. The van der Waals surface area contributed by atoms with Crippen LogP contribution in [0.3, 0.4) is 0 Å². The summed E-state index contributed by atoms with van der Waals surface area (Å²) in [7, 11) is 1.81. The zero-order valence-electron chi connectivity index (χ0n) is 8.38. The first-order valence-electron chi connectivity index (χ1n) is 4.86. The fraction of sp³-hybridized carbons (Fsp3) is 0.800. The molecule has 0 N–H and O–H groups in total. The number of hydrogen-bond acceptors (Lipinski definition) is 2. The number of ketones is 1. The van der Waals surface area contributed by atoms with Crippen LogP contribution in [-0.4, -0.2) is 29.7 Å². The lowest BCUT2D eigenvalue weighted by Crippen LogP contribution is -2.36. The molecule has 13 heavy (non-hydrogen) atoms. The minimum atomic E-state index is 0.146. The summed E-state index contributed by atoms with van der Waals surface area (Å²) in [5.41, 5.74) is 0. The molecule has 0 aromatic heterocycles. The van der Waals surface area contributed by atoms with E-state index in [9.17, 15) is 9.59 Å². The molecule has 3 heteroatoms. The molecule has 1 aliphatic rings. The Balaban J connectivity index is 2.59. The molecule has 1 fully saturated rings. The van der Waals surface area contributed by atoms with Gasteiger partial charge in [-0.15, -0.1) is 0 Å². The van der Waals surface area contributed by atoms with Crippen LogP contribution in [0, 0.1) is 0 Å². The van der Waals surface area contributed by atoms with Crippen molar-refractivity contribution in [1.29, 1.82) is 0 Å². The van der Waals surface area contributed by atoms with Crippen LogP contribution < -0.4 is 0 Å². The summed E-state index contributed by atoms with van der Waals surface area (Å²) in [5, 5.41) is 0. The molecule has 1 atom stereocenters. The van der Waals surface area contributed by atoms with Crippen molar-refractivity contribution >= 4 is 11.7 Å². The molecule has 3 nitrogen and oxygen atoms in total. The molecule has 1 rings (SSSR count). The summed E-state index contributed by atoms with van der Waals surface area (Å²) >= 11 is 0. The quantitative estimate of drug-likeness (QED) is 0.648. The van der Waals surface area contributed by atoms with Crippen LogP contribution in [0.15, 0.2) is 0 Å². The lowest BCUT2D eigenvalue weighted by molar-refractivity contribution is -0.132. The van der Waals surface area contributed by atoms with E-state index >= 15 is 0 Å². The van der Waals surface area contributed by atoms with Gasteiger partial charge in [0, 0.05) is 25.9 Å². The summed E-state index contributed by atoms with van der Waals surface area (Å²) in [6.45, 7) is 1.59. The molecule has 1 aliphatic heterocycles. The average molecular weight is 183 g/mol. The van der Waals surface area contributed by atoms with Gasteiger partial charge < -0.3 is 4.90 Å². The summed E-state index contributed by atoms with van der Waals surface area (Å²) < 4.78 is 0. The van der Waals surface area contributed by atoms with Gasteiger partial charge in [-0.25, -0.2) is 0 Å². The van der Waals surface area contributed by atoms with Crippen molar-refractivity contribution in [2.45, 2.75) is 45.1 Å². The summed E-state index contributed by atoms with van der Waals surface area (Å²) in [6.07, 6.45) is 4.17. The molecular weight excluding hydrogens is 166 g/mol. The van der Waals surface area contributed by atoms with Gasteiger partial charge in [-0.3, -0.25) is 9.59 Å². The Morgan fingerprint density at radius 1 is 1.54 bits per heavy atom. The minimum Gasteiger partial charge on any atom is -0.342 e. The molecule has 0 aromatic rings. The molecule has 0 spiro atoms.